The first kappa shape index (κ1) is 14.3. The van der Waals surface area contributed by atoms with Gasteiger partial charge < -0.3 is 10.4 Å². The van der Waals surface area contributed by atoms with Crippen LogP contribution in [-0.4, -0.2) is 23.7 Å². The topological polar surface area (TPSA) is 49.3 Å². The summed E-state index contributed by atoms with van der Waals surface area (Å²) in [7, 11) is 0. The standard InChI is InChI=1S/C19H25NO2/c21-11-9-17(14-7-8-14)20-18(22)16-12-19(16)10-3-5-13-4-1-2-6-15(13)19/h1-2,4,6,14,16-17,21H,3,5,7-12H2,(H,20,22). The summed E-state index contributed by atoms with van der Waals surface area (Å²) in [4.78, 5) is 12.7. The second-order valence-corrected chi connectivity index (χ2v) is 7.39. The van der Waals surface area contributed by atoms with Crippen LogP contribution >= 0.6 is 0 Å². The van der Waals surface area contributed by atoms with Gasteiger partial charge in [-0.3, -0.25) is 4.79 Å². The minimum absolute atomic E-state index is 0.117. The number of fused-ring (bicyclic) bond motifs is 2. The van der Waals surface area contributed by atoms with E-state index in [1.807, 2.05) is 0 Å². The summed E-state index contributed by atoms with van der Waals surface area (Å²) in [6.45, 7) is 0.167. The molecule has 3 aliphatic carbocycles. The molecule has 2 N–H and O–H groups in total. The molecule has 0 heterocycles. The third-order valence-electron chi connectivity index (χ3n) is 5.97. The summed E-state index contributed by atoms with van der Waals surface area (Å²) in [5.41, 5.74) is 2.98. The molecule has 1 aromatic carbocycles. The summed E-state index contributed by atoms with van der Waals surface area (Å²) >= 11 is 0. The highest BCUT2D eigenvalue weighted by molar-refractivity contribution is 5.85. The van der Waals surface area contributed by atoms with Crippen LogP contribution in [0.3, 0.4) is 0 Å². The van der Waals surface area contributed by atoms with Crippen molar-refractivity contribution in [2.24, 2.45) is 11.8 Å². The molecule has 22 heavy (non-hydrogen) atoms. The smallest absolute Gasteiger partial charge is 0.224 e. The van der Waals surface area contributed by atoms with Crippen molar-refractivity contribution in [3.63, 3.8) is 0 Å². The molecule has 0 radical (unpaired) electrons. The summed E-state index contributed by atoms with van der Waals surface area (Å²) in [6.07, 6.45) is 7.60. The van der Waals surface area contributed by atoms with Crippen molar-refractivity contribution in [1.29, 1.82) is 0 Å². The van der Waals surface area contributed by atoms with E-state index in [1.165, 1.54) is 30.4 Å². The average Bonchev–Trinajstić information content (AvgIpc) is 3.43. The molecule has 2 fully saturated rings. The van der Waals surface area contributed by atoms with Crippen molar-refractivity contribution < 1.29 is 9.90 Å². The highest BCUT2D eigenvalue weighted by Gasteiger charge is 2.60. The second-order valence-electron chi connectivity index (χ2n) is 7.39. The van der Waals surface area contributed by atoms with Gasteiger partial charge in [0, 0.05) is 24.0 Å². The van der Waals surface area contributed by atoms with Crippen LogP contribution in [-0.2, 0) is 16.6 Å². The first-order chi connectivity index (χ1) is 10.7. The number of carbonyl (C=O) groups is 1. The lowest BCUT2D eigenvalue weighted by atomic mass is 9.78. The number of aryl methyl sites for hydroxylation is 1. The van der Waals surface area contributed by atoms with Gasteiger partial charge in [-0.15, -0.1) is 0 Å². The van der Waals surface area contributed by atoms with Crippen LogP contribution in [0.1, 0.15) is 49.7 Å². The Bertz CT molecular complexity index is 581. The molecule has 1 spiro atoms. The Morgan fingerprint density at radius 1 is 1.36 bits per heavy atom. The molecule has 3 unspecified atom stereocenters. The van der Waals surface area contributed by atoms with E-state index in [9.17, 15) is 9.90 Å². The Kier molecular flexibility index (Phi) is 3.48. The molecule has 0 saturated heterocycles. The second kappa shape index (κ2) is 5.38. The van der Waals surface area contributed by atoms with Crippen molar-refractivity contribution in [3.8, 4) is 0 Å². The van der Waals surface area contributed by atoms with Crippen molar-refractivity contribution in [3.05, 3.63) is 35.4 Å². The minimum atomic E-state index is 0.117. The number of nitrogens with one attached hydrogen (secondary N) is 1. The molecule has 3 nitrogen and oxygen atoms in total. The van der Waals surface area contributed by atoms with Crippen LogP contribution in [0.4, 0.5) is 0 Å². The molecular weight excluding hydrogens is 274 g/mol. The van der Waals surface area contributed by atoms with Gasteiger partial charge in [-0.2, -0.15) is 0 Å². The maximum Gasteiger partial charge on any atom is 0.224 e. The SMILES string of the molecule is O=C(NC(CCO)C1CC1)C1CC12CCCc1ccccc12. The third-order valence-corrected chi connectivity index (χ3v) is 5.97. The zero-order valence-corrected chi connectivity index (χ0v) is 13.1. The average molecular weight is 299 g/mol. The molecule has 0 aromatic heterocycles. The maximum atomic E-state index is 12.7. The lowest BCUT2D eigenvalue weighted by molar-refractivity contribution is -0.123. The van der Waals surface area contributed by atoms with Crippen LogP contribution in [0.25, 0.3) is 0 Å². The molecule has 1 amide bonds. The molecule has 0 bridgehead atoms. The summed E-state index contributed by atoms with van der Waals surface area (Å²) < 4.78 is 0. The Hall–Kier alpha value is -1.35. The lowest BCUT2D eigenvalue weighted by Crippen LogP contribution is -2.39. The van der Waals surface area contributed by atoms with Crippen LogP contribution in [0.15, 0.2) is 24.3 Å². The largest absolute Gasteiger partial charge is 0.396 e. The maximum absolute atomic E-state index is 12.7. The van der Waals surface area contributed by atoms with E-state index in [1.54, 1.807) is 0 Å². The van der Waals surface area contributed by atoms with E-state index in [4.69, 9.17) is 0 Å². The molecule has 0 aliphatic heterocycles. The van der Waals surface area contributed by atoms with Gasteiger partial charge >= 0.3 is 0 Å². The van der Waals surface area contributed by atoms with E-state index in [0.717, 1.165) is 19.3 Å². The Labute approximate surface area is 132 Å². The summed E-state index contributed by atoms with van der Waals surface area (Å²) in [6, 6.07) is 8.86. The number of rotatable bonds is 5. The van der Waals surface area contributed by atoms with E-state index >= 15 is 0 Å². The zero-order chi connectivity index (χ0) is 15.2. The van der Waals surface area contributed by atoms with Crippen LogP contribution < -0.4 is 5.32 Å². The number of aliphatic hydroxyl groups excluding tert-OH is 1. The highest BCUT2D eigenvalue weighted by Crippen LogP contribution is 2.60. The predicted octanol–water partition coefficient (Wildman–Crippen LogP) is 2.56. The summed E-state index contributed by atoms with van der Waals surface area (Å²) in [5, 5.41) is 12.4. The summed E-state index contributed by atoms with van der Waals surface area (Å²) in [5.74, 6) is 0.973. The van der Waals surface area contributed by atoms with Crippen LogP contribution in [0, 0.1) is 11.8 Å². The monoisotopic (exact) mass is 299 g/mol. The predicted molar refractivity (Wildman–Crippen MR) is 85.5 cm³/mol. The fourth-order valence-corrected chi connectivity index (χ4v) is 4.52. The van der Waals surface area contributed by atoms with Crippen molar-refractivity contribution in [2.45, 2.75) is 56.4 Å². The molecule has 2 saturated carbocycles. The molecule has 3 aliphatic rings. The molecule has 4 rings (SSSR count). The fraction of sp³-hybridized carbons (Fsp3) is 0.632. The van der Waals surface area contributed by atoms with Gasteiger partial charge in [0.1, 0.15) is 0 Å². The highest BCUT2D eigenvalue weighted by atomic mass is 16.3. The van der Waals surface area contributed by atoms with E-state index in [2.05, 4.69) is 29.6 Å². The normalized spacial score (nSPS) is 30.7. The van der Waals surface area contributed by atoms with Crippen molar-refractivity contribution >= 4 is 5.91 Å². The first-order valence-electron chi connectivity index (χ1n) is 8.74. The van der Waals surface area contributed by atoms with Gasteiger partial charge in [-0.05, 0) is 62.0 Å². The van der Waals surface area contributed by atoms with Gasteiger partial charge in [0.15, 0.2) is 0 Å². The van der Waals surface area contributed by atoms with Gasteiger partial charge in [0.25, 0.3) is 0 Å². The van der Waals surface area contributed by atoms with Crippen LogP contribution in [0.2, 0.25) is 0 Å². The minimum Gasteiger partial charge on any atom is -0.396 e. The number of hydrogen-bond acceptors (Lipinski definition) is 2. The Morgan fingerprint density at radius 2 is 2.18 bits per heavy atom. The Balaban J connectivity index is 1.48. The lowest BCUT2D eigenvalue weighted by Gasteiger charge is -2.27. The molecule has 3 heteroatoms. The van der Waals surface area contributed by atoms with Gasteiger partial charge in [-0.1, -0.05) is 24.3 Å². The van der Waals surface area contributed by atoms with Crippen LogP contribution in [0.5, 0.6) is 0 Å². The van der Waals surface area contributed by atoms with E-state index in [-0.39, 0.29) is 29.9 Å². The van der Waals surface area contributed by atoms with Crippen molar-refractivity contribution in [2.75, 3.05) is 6.61 Å². The van der Waals surface area contributed by atoms with E-state index < -0.39 is 0 Å². The molecular formula is C19H25NO2. The quantitative estimate of drug-likeness (QED) is 0.878. The number of hydrogen-bond donors (Lipinski definition) is 2. The van der Waals surface area contributed by atoms with E-state index in [0.29, 0.717) is 12.3 Å². The van der Waals surface area contributed by atoms with Gasteiger partial charge in [0.05, 0.1) is 0 Å². The number of carbonyl (C=O) groups excluding carboxylic acids is 1. The molecule has 118 valence electrons. The third kappa shape index (κ3) is 2.36. The number of aliphatic hydroxyl groups is 1. The zero-order valence-electron chi connectivity index (χ0n) is 13.1. The fourth-order valence-electron chi connectivity index (χ4n) is 4.52. The number of benzene rings is 1. The molecule has 3 atom stereocenters. The number of amides is 1. The molecule has 1 aromatic rings. The first-order valence-corrected chi connectivity index (χ1v) is 8.74. The van der Waals surface area contributed by atoms with Gasteiger partial charge in [-0.25, -0.2) is 0 Å². The van der Waals surface area contributed by atoms with Gasteiger partial charge in [0.2, 0.25) is 5.91 Å². The Morgan fingerprint density at radius 3 is 2.95 bits per heavy atom. The van der Waals surface area contributed by atoms with Crippen molar-refractivity contribution in [1.82, 2.24) is 5.32 Å².